The second-order valence-corrected chi connectivity index (χ2v) is 5.01. The van der Waals surface area contributed by atoms with Crippen LogP contribution < -0.4 is 10.6 Å². The van der Waals surface area contributed by atoms with Crippen molar-refractivity contribution in [3.63, 3.8) is 0 Å². The molecule has 0 atom stereocenters. The molecule has 1 fully saturated rings. The lowest BCUT2D eigenvalue weighted by molar-refractivity contribution is -0.130. The quantitative estimate of drug-likeness (QED) is 0.754. The van der Waals surface area contributed by atoms with Crippen molar-refractivity contribution >= 4 is 17.6 Å². The number of hydrogen-bond donors (Lipinski definition) is 3. The first-order valence-electron chi connectivity index (χ1n) is 6.18. The van der Waals surface area contributed by atoms with Crippen molar-refractivity contribution < 1.29 is 28.2 Å². The molecule has 0 saturated carbocycles. The van der Waals surface area contributed by atoms with E-state index in [1.807, 2.05) is 6.92 Å². The zero-order valence-corrected chi connectivity index (χ0v) is 11.2. The van der Waals surface area contributed by atoms with Crippen LogP contribution in [-0.4, -0.2) is 42.3 Å². The molecule has 6 nitrogen and oxygen atoms in total. The molecule has 0 bridgehead atoms. The van der Waals surface area contributed by atoms with Crippen LogP contribution in [0, 0.1) is 11.6 Å². The molecule has 1 amide bonds. The van der Waals surface area contributed by atoms with Crippen LogP contribution >= 0.6 is 0 Å². The molecular weight excluding hydrogens is 286 g/mol. The van der Waals surface area contributed by atoms with Gasteiger partial charge in [0.25, 0.3) is 0 Å². The largest absolute Gasteiger partial charge is 0.478 e. The van der Waals surface area contributed by atoms with Crippen molar-refractivity contribution in [2.24, 2.45) is 0 Å². The topological polar surface area (TPSA) is 87.7 Å². The first kappa shape index (κ1) is 15.3. The first-order chi connectivity index (χ1) is 9.81. The Kier molecular flexibility index (Phi) is 4.19. The highest BCUT2D eigenvalue weighted by molar-refractivity contribution is 6.00. The summed E-state index contributed by atoms with van der Waals surface area (Å²) in [5.41, 5.74) is -1.29. The summed E-state index contributed by atoms with van der Waals surface area (Å²) in [6, 6.07) is 1.15. The molecule has 0 radical (unpaired) electrons. The number of halogens is 2. The van der Waals surface area contributed by atoms with Crippen molar-refractivity contribution in [1.82, 2.24) is 5.32 Å². The number of carbonyl (C=O) groups is 2. The van der Waals surface area contributed by atoms with E-state index in [0.717, 1.165) is 0 Å². The molecule has 21 heavy (non-hydrogen) atoms. The number of nitrogens with one attached hydrogen (secondary N) is 2. The Hall–Kier alpha value is -2.06. The standard InChI is InChI=1S/C13H14F2N2O4/c1-13(5-16-6-13)21-4-11(18)17-10-3-9(15)8(14)2-7(10)12(19)20/h2-3,16H,4-6H2,1H3,(H,17,18)(H,19,20). The Morgan fingerprint density at radius 2 is 2.00 bits per heavy atom. The third kappa shape index (κ3) is 3.53. The third-order valence-electron chi connectivity index (χ3n) is 3.11. The lowest BCUT2D eigenvalue weighted by atomic mass is 10.0. The van der Waals surface area contributed by atoms with Gasteiger partial charge in [-0.1, -0.05) is 0 Å². The molecule has 0 aromatic heterocycles. The second kappa shape index (κ2) is 5.74. The molecule has 0 unspecified atom stereocenters. The maximum atomic E-state index is 13.2. The number of carbonyl (C=O) groups excluding carboxylic acids is 1. The number of amides is 1. The van der Waals surface area contributed by atoms with E-state index >= 15 is 0 Å². The number of ether oxygens (including phenoxy) is 1. The number of carboxylic acids is 1. The number of hydrogen-bond acceptors (Lipinski definition) is 4. The van der Waals surface area contributed by atoms with E-state index in [0.29, 0.717) is 25.2 Å². The fourth-order valence-corrected chi connectivity index (χ4v) is 1.83. The molecule has 3 N–H and O–H groups in total. The molecule has 1 aromatic carbocycles. The van der Waals surface area contributed by atoms with Crippen LogP contribution in [0.15, 0.2) is 12.1 Å². The van der Waals surface area contributed by atoms with Gasteiger partial charge in [0.2, 0.25) is 5.91 Å². The van der Waals surface area contributed by atoms with Crippen LogP contribution in [0.1, 0.15) is 17.3 Å². The van der Waals surface area contributed by atoms with Gasteiger partial charge >= 0.3 is 5.97 Å². The molecule has 0 spiro atoms. The fourth-order valence-electron chi connectivity index (χ4n) is 1.83. The van der Waals surface area contributed by atoms with Crippen molar-refractivity contribution in [1.29, 1.82) is 0 Å². The molecule has 0 aliphatic carbocycles. The zero-order valence-electron chi connectivity index (χ0n) is 11.2. The number of aromatic carboxylic acids is 1. The fraction of sp³-hybridized carbons (Fsp3) is 0.385. The lowest BCUT2D eigenvalue weighted by Gasteiger charge is -2.38. The van der Waals surface area contributed by atoms with Gasteiger partial charge in [-0.15, -0.1) is 0 Å². The van der Waals surface area contributed by atoms with Crippen molar-refractivity contribution in [3.8, 4) is 0 Å². The van der Waals surface area contributed by atoms with Crippen LogP contribution in [0.4, 0.5) is 14.5 Å². The van der Waals surface area contributed by atoms with Gasteiger partial charge in [-0.3, -0.25) is 4.79 Å². The predicted octanol–water partition coefficient (Wildman–Crippen LogP) is 0.980. The Morgan fingerprint density at radius 3 is 2.52 bits per heavy atom. The van der Waals surface area contributed by atoms with Crippen molar-refractivity contribution in [3.05, 3.63) is 29.3 Å². The van der Waals surface area contributed by atoms with E-state index < -0.39 is 34.7 Å². The summed E-state index contributed by atoms with van der Waals surface area (Å²) in [5.74, 6) is -4.65. The molecule has 114 valence electrons. The number of rotatable bonds is 5. The molecular formula is C13H14F2N2O4. The highest BCUT2D eigenvalue weighted by atomic mass is 19.2. The summed E-state index contributed by atoms with van der Waals surface area (Å²) in [7, 11) is 0. The lowest BCUT2D eigenvalue weighted by Crippen LogP contribution is -2.59. The smallest absolute Gasteiger partial charge is 0.337 e. The van der Waals surface area contributed by atoms with Gasteiger partial charge in [0.1, 0.15) is 6.61 Å². The highest BCUT2D eigenvalue weighted by Gasteiger charge is 2.33. The summed E-state index contributed by atoms with van der Waals surface area (Å²) in [4.78, 5) is 22.7. The van der Waals surface area contributed by atoms with Gasteiger partial charge in [-0.25, -0.2) is 13.6 Å². The molecule has 1 heterocycles. The van der Waals surface area contributed by atoms with Gasteiger partial charge in [0.15, 0.2) is 11.6 Å². The second-order valence-electron chi connectivity index (χ2n) is 5.01. The highest BCUT2D eigenvalue weighted by Crippen LogP contribution is 2.21. The zero-order chi connectivity index (χ0) is 15.6. The monoisotopic (exact) mass is 300 g/mol. The third-order valence-corrected chi connectivity index (χ3v) is 3.11. The van der Waals surface area contributed by atoms with Gasteiger partial charge in [-0.05, 0) is 13.0 Å². The summed E-state index contributed by atoms with van der Waals surface area (Å²) >= 11 is 0. The molecule has 1 aliphatic rings. The van der Waals surface area contributed by atoms with E-state index in [1.54, 1.807) is 0 Å². The normalized spacial score (nSPS) is 16.1. The van der Waals surface area contributed by atoms with Crippen molar-refractivity contribution in [2.45, 2.75) is 12.5 Å². The summed E-state index contributed by atoms with van der Waals surface area (Å²) in [6.45, 7) is 2.71. The van der Waals surface area contributed by atoms with Gasteiger partial charge < -0.3 is 20.5 Å². The Balaban J connectivity index is 2.05. The average Bonchev–Trinajstić information content (AvgIpc) is 2.37. The molecule has 1 aliphatic heterocycles. The molecule has 8 heteroatoms. The minimum Gasteiger partial charge on any atom is -0.478 e. The summed E-state index contributed by atoms with van der Waals surface area (Å²) in [5, 5.41) is 14.1. The van der Waals surface area contributed by atoms with Gasteiger partial charge in [0.05, 0.1) is 16.9 Å². The number of carboxylic acid groups (broad SMARTS) is 1. The Labute approximate surface area is 119 Å². The van der Waals surface area contributed by atoms with Crippen LogP contribution in [0.3, 0.4) is 0 Å². The van der Waals surface area contributed by atoms with Crippen LogP contribution in [0.2, 0.25) is 0 Å². The SMILES string of the molecule is CC1(OCC(=O)Nc2cc(F)c(F)cc2C(=O)O)CNC1. The molecule has 1 aromatic rings. The van der Waals surface area contributed by atoms with Crippen LogP contribution in [-0.2, 0) is 9.53 Å². The van der Waals surface area contributed by atoms with Crippen LogP contribution in [0.25, 0.3) is 0 Å². The predicted molar refractivity (Wildman–Crippen MR) is 69.2 cm³/mol. The first-order valence-corrected chi connectivity index (χ1v) is 6.18. The van der Waals surface area contributed by atoms with Gasteiger partial charge in [0, 0.05) is 19.2 Å². The maximum absolute atomic E-state index is 13.2. The Morgan fingerprint density at radius 1 is 1.38 bits per heavy atom. The number of anilines is 1. The average molecular weight is 300 g/mol. The van der Waals surface area contributed by atoms with Crippen molar-refractivity contribution in [2.75, 3.05) is 25.0 Å². The Bertz CT molecular complexity index is 588. The van der Waals surface area contributed by atoms with E-state index in [-0.39, 0.29) is 12.3 Å². The van der Waals surface area contributed by atoms with E-state index in [2.05, 4.69) is 10.6 Å². The van der Waals surface area contributed by atoms with Gasteiger partial charge in [-0.2, -0.15) is 0 Å². The summed E-state index contributed by atoms with van der Waals surface area (Å²) < 4.78 is 31.5. The minimum atomic E-state index is -1.47. The van der Waals surface area contributed by atoms with E-state index in [1.165, 1.54) is 0 Å². The molecule has 2 rings (SSSR count). The van der Waals surface area contributed by atoms with E-state index in [4.69, 9.17) is 9.84 Å². The minimum absolute atomic E-state index is 0.309. The molecule has 1 saturated heterocycles. The van der Waals surface area contributed by atoms with Crippen LogP contribution in [0.5, 0.6) is 0 Å². The summed E-state index contributed by atoms with van der Waals surface area (Å²) in [6.07, 6.45) is 0. The van der Waals surface area contributed by atoms with E-state index in [9.17, 15) is 18.4 Å². The maximum Gasteiger partial charge on any atom is 0.337 e. The number of benzene rings is 1.